The number of nitrogens with one attached hydrogen (secondary N) is 1. The van der Waals surface area contributed by atoms with E-state index in [1.54, 1.807) is 0 Å². The van der Waals surface area contributed by atoms with Crippen LogP contribution in [0.25, 0.3) is 0 Å². The number of hydrogen-bond donors (Lipinski definition) is 1. The van der Waals surface area contributed by atoms with Crippen molar-refractivity contribution >= 4 is 17.8 Å². The summed E-state index contributed by atoms with van der Waals surface area (Å²) in [6.45, 7) is 0.933. The highest BCUT2D eigenvalue weighted by Crippen LogP contribution is 2.04. The second-order valence-electron chi connectivity index (χ2n) is 2.17. The van der Waals surface area contributed by atoms with E-state index in [0.717, 1.165) is 25.8 Å². The monoisotopic (exact) mass is 177 g/mol. The lowest BCUT2D eigenvalue weighted by molar-refractivity contribution is 0.441. The molecule has 0 aliphatic carbocycles. The van der Waals surface area contributed by atoms with Gasteiger partial charge in [-0.05, 0) is 19.4 Å². The molecule has 0 saturated carbocycles. The molecule has 1 fully saturated rings. The molecule has 2 unspecified atom stereocenters. The molecular formula is C5H9N2O3S-. The summed E-state index contributed by atoms with van der Waals surface area (Å²) < 4.78 is 23.8. The normalized spacial score (nSPS) is 27.5. The van der Waals surface area contributed by atoms with Gasteiger partial charge in [0.05, 0.1) is 0 Å². The average molecular weight is 177 g/mol. The number of aliphatic imine (C=N–C) groups is 1. The largest absolute Gasteiger partial charge is 0.740 e. The van der Waals surface area contributed by atoms with Gasteiger partial charge in [0, 0.05) is 0 Å². The molecule has 5 nitrogen and oxygen atoms in total. The summed E-state index contributed by atoms with van der Waals surface area (Å²) in [5.41, 5.74) is 0. The smallest absolute Gasteiger partial charge is 0.189 e. The fourth-order valence-electron chi connectivity index (χ4n) is 0.927. The second-order valence-corrected chi connectivity index (χ2v) is 2.77. The minimum absolute atomic E-state index is 0.0264. The Morgan fingerprint density at radius 3 is 3.18 bits per heavy atom. The predicted octanol–water partition coefficient (Wildman–Crippen LogP) is -0.465. The molecule has 0 aromatic heterocycles. The van der Waals surface area contributed by atoms with Crippen molar-refractivity contribution in [3.8, 4) is 0 Å². The van der Waals surface area contributed by atoms with Gasteiger partial charge in [0.2, 0.25) is 0 Å². The van der Waals surface area contributed by atoms with E-state index >= 15 is 0 Å². The molecule has 1 N–H and O–H groups in total. The van der Waals surface area contributed by atoms with Crippen molar-refractivity contribution in [1.29, 1.82) is 0 Å². The molecule has 0 aromatic carbocycles. The van der Waals surface area contributed by atoms with Crippen LogP contribution in [0.5, 0.6) is 0 Å². The van der Waals surface area contributed by atoms with Crippen LogP contribution in [0.2, 0.25) is 0 Å². The number of hydrogen-bond acceptors (Lipinski definition) is 5. The van der Waals surface area contributed by atoms with Crippen molar-refractivity contribution in [2.75, 3.05) is 6.54 Å². The molecule has 1 aliphatic heterocycles. The highest BCUT2D eigenvalue weighted by Gasteiger charge is 2.10. The molecule has 1 rings (SSSR count). The van der Waals surface area contributed by atoms with E-state index in [0.29, 0.717) is 0 Å². The van der Waals surface area contributed by atoms with Crippen LogP contribution in [0, 0.1) is 0 Å². The zero-order valence-corrected chi connectivity index (χ0v) is 6.67. The Labute approximate surface area is 67.3 Å². The third-order valence-electron chi connectivity index (χ3n) is 1.40. The third kappa shape index (κ3) is 3.45. The van der Waals surface area contributed by atoms with E-state index in [4.69, 9.17) is 0 Å². The van der Waals surface area contributed by atoms with E-state index in [2.05, 4.69) is 14.5 Å². The molecule has 11 heavy (non-hydrogen) atoms. The van der Waals surface area contributed by atoms with Crippen molar-refractivity contribution in [3.05, 3.63) is 0 Å². The molecule has 0 radical (unpaired) electrons. The first kappa shape index (κ1) is 8.63. The Morgan fingerprint density at radius 2 is 2.64 bits per heavy atom. The molecule has 0 bridgehead atoms. The van der Waals surface area contributed by atoms with E-state index in [-0.39, 0.29) is 6.17 Å². The van der Waals surface area contributed by atoms with Crippen molar-refractivity contribution in [2.24, 2.45) is 4.99 Å². The number of nitrogens with zero attached hydrogens (tertiary/aromatic N) is 1. The van der Waals surface area contributed by atoms with Gasteiger partial charge in [-0.2, -0.15) is 0 Å². The quantitative estimate of drug-likeness (QED) is 0.359. The third-order valence-corrected chi connectivity index (χ3v) is 1.64. The summed E-state index contributed by atoms with van der Waals surface area (Å²) in [5, 5.41) is 3.05. The fraction of sp³-hybridized carbons (Fsp3) is 0.800. The van der Waals surface area contributed by atoms with Crippen LogP contribution in [0.1, 0.15) is 12.8 Å². The summed E-state index contributed by atoms with van der Waals surface area (Å²) in [6.07, 6.45) is 2.98. The topological polar surface area (TPSA) is 73.8 Å². The van der Waals surface area contributed by atoms with Gasteiger partial charge in [0.1, 0.15) is 17.5 Å². The van der Waals surface area contributed by atoms with Crippen molar-refractivity contribution in [2.45, 2.75) is 19.0 Å². The molecule has 6 heteroatoms. The van der Waals surface area contributed by atoms with Crippen molar-refractivity contribution in [1.82, 2.24) is 5.32 Å². The maximum absolute atomic E-state index is 9.84. The lowest BCUT2D eigenvalue weighted by Gasteiger charge is -2.03. The zero-order chi connectivity index (χ0) is 8.10. The van der Waals surface area contributed by atoms with Crippen LogP contribution >= 0.6 is 0 Å². The van der Waals surface area contributed by atoms with Gasteiger partial charge in [0.15, 0.2) is 6.40 Å². The Balaban J connectivity index is 2.17. The van der Waals surface area contributed by atoms with Gasteiger partial charge in [-0.25, -0.2) is 9.20 Å². The highest BCUT2D eigenvalue weighted by atomic mass is 32.2. The molecule has 1 aliphatic rings. The molecule has 1 heterocycles. The summed E-state index contributed by atoms with van der Waals surface area (Å²) in [5.74, 6) is 0. The first-order chi connectivity index (χ1) is 5.29. The minimum Gasteiger partial charge on any atom is -0.740 e. The highest BCUT2D eigenvalue weighted by molar-refractivity contribution is 7.74. The van der Waals surface area contributed by atoms with Crippen molar-refractivity contribution in [3.63, 3.8) is 0 Å². The van der Waals surface area contributed by atoms with Gasteiger partial charge in [-0.3, -0.25) is 5.32 Å². The van der Waals surface area contributed by atoms with Gasteiger partial charge in [-0.15, -0.1) is 0 Å². The van der Waals surface area contributed by atoms with E-state index in [9.17, 15) is 8.76 Å². The average Bonchev–Trinajstić information content (AvgIpc) is 2.39. The number of rotatable bonds is 3. The molecular weight excluding hydrogens is 168 g/mol. The lowest BCUT2D eigenvalue weighted by Crippen LogP contribution is -2.18. The van der Waals surface area contributed by atoms with Crippen LogP contribution in [0.3, 0.4) is 0 Å². The molecule has 0 spiro atoms. The lowest BCUT2D eigenvalue weighted by atomic mass is 10.3. The molecule has 0 amide bonds. The standard InChI is InChI=1S/C5H10N2O3S/c8-11(9)10-4-7-5-2-1-3-6-5/h4-6H,1-3H2,(H,8,9)/p-1. The predicted molar refractivity (Wildman–Crippen MR) is 39.5 cm³/mol. The maximum atomic E-state index is 9.84. The van der Waals surface area contributed by atoms with E-state index < -0.39 is 11.4 Å². The zero-order valence-electron chi connectivity index (χ0n) is 5.86. The van der Waals surface area contributed by atoms with E-state index in [1.165, 1.54) is 0 Å². The first-order valence-corrected chi connectivity index (χ1v) is 4.30. The summed E-state index contributed by atoms with van der Waals surface area (Å²) in [7, 11) is 0. The van der Waals surface area contributed by atoms with Crippen LogP contribution in [0.4, 0.5) is 0 Å². The summed E-state index contributed by atoms with van der Waals surface area (Å²) in [6, 6.07) is 0. The van der Waals surface area contributed by atoms with Crippen LogP contribution in [0.15, 0.2) is 4.99 Å². The molecule has 0 aromatic rings. The SMILES string of the molecule is O=S([O-])OC=NC1CCCN1. The van der Waals surface area contributed by atoms with Gasteiger partial charge in [0.25, 0.3) is 0 Å². The van der Waals surface area contributed by atoms with Gasteiger partial charge >= 0.3 is 0 Å². The van der Waals surface area contributed by atoms with Crippen LogP contribution < -0.4 is 5.32 Å². The van der Waals surface area contributed by atoms with Crippen LogP contribution in [-0.2, 0) is 15.5 Å². The molecule has 2 atom stereocenters. The molecule has 64 valence electrons. The van der Waals surface area contributed by atoms with E-state index in [1.807, 2.05) is 0 Å². The Hall–Kier alpha value is -0.460. The summed E-state index contributed by atoms with van der Waals surface area (Å²) >= 11 is -2.49. The second kappa shape index (κ2) is 4.42. The minimum atomic E-state index is -2.49. The van der Waals surface area contributed by atoms with Crippen molar-refractivity contribution < 1.29 is 12.9 Å². The van der Waals surface area contributed by atoms with Gasteiger partial charge in [-0.1, -0.05) is 0 Å². The Kier molecular flexibility index (Phi) is 3.47. The maximum Gasteiger partial charge on any atom is 0.189 e. The Morgan fingerprint density at radius 1 is 1.82 bits per heavy atom. The summed E-state index contributed by atoms with van der Waals surface area (Å²) in [4.78, 5) is 3.81. The first-order valence-electron chi connectivity index (χ1n) is 3.30. The van der Waals surface area contributed by atoms with Crippen LogP contribution in [-0.4, -0.2) is 27.9 Å². The van der Waals surface area contributed by atoms with Gasteiger partial charge < -0.3 is 8.74 Å². The Bertz CT molecular complexity index is 167. The molecule has 1 saturated heterocycles. The fourth-order valence-corrected chi connectivity index (χ4v) is 1.05.